The fraction of sp³-hybridized carbons (Fsp3) is 0.133. The molecule has 0 aliphatic heterocycles. The smallest absolute Gasteiger partial charge is 0.161 e. The number of phenolic OH excluding ortho intramolecular Hbond substituents is 1. The summed E-state index contributed by atoms with van der Waals surface area (Å²) in [7, 11) is 1.49. The normalized spacial score (nSPS) is 10.1. The molecule has 0 aliphatic rings. The van der Waals surface area contributed by atoms with Gasteiger partial charge in [-0.05, 0) is 17.7 Å². The third-order valence-corrected chi connectivity index (χ3v) is 2.85. The Labute approximate surface area is 106 Å². The number of methoxy groups -OCH3 is 1. The van der Waals surface area contributed by atoms with Crippen LogP contribution < -0.4 is 4.74 Å². The van der Waals surface area contributed by atoms with Gasteiger partial charge >= 0.3 is 0 Å². The van der Waals surface area contributed by atoms with E-state index in [9.17, 15) is 9.90 Å². The maximum Gasteiger partial charge on any atom is 0.161 e. The summed E-state index contributed by atoms with van der Waals surface area (Å²) >= 11 is 0. The molecule has 0 aromatic heterocycles. The molecule has 3 nitrogen and oxygen atoms in total. The summed E-state index contributed by atoms with van der Waals surface area (Å²) in [6, 6.07) is 12.9. The van der Waals surface area contributed by atoms with Gasteiger partial charge in [0, 0.05) is 17.5 Å². The number of carbonyl (C=O) groups is 1. The molecule has 2 rings (SSSR count). The molecule has 0 saturated carbocycles. The molecule has 2 aromatic rings. The van der Waals surface area contributed by atoms with Crippen molar-refractivity contribution in [3.63, 3.8) is 0 Å². The topological polar surface area (TPSA) is 46.5 Å². The molecule has 0 heterocycles. The Hall–Kier alpha value is -2.29. The van der Waals surface area contributed by atoms with E-state index in [2.05, 4.69) is 0 Å². The van der Waals surface area contributed by atoms with Gasteiger partial charge < -0.3 is 9.84 Å². The van der Waals surface area contributed by atoms with Gasteiger partial charge in [0.25, 0.3) is 0 Å². The van der Waals surface area contributed by atoms with Crippen molar-refractivity contribution in [2.75, 3.05) is 7.11 Å². The third kappa shape index (κ3) is 2.35. The predicted octanol–water partition coefficient (Wildman–Crippen LogP) is 2.80. The zero-order valence-electron chi connectivity index (χ0n) is 10.1. The van der Waals surface area contributed by atoms with Gasteiger partial charge in [0.2, 0.25) is 0 Å². The zero-order valence-corrected chi connectivity index (χ0v) is 10.1. The van der Waals surface area contributed by atoms with Gasteiger partial charge in [-0.2, -0.15) is 0 Å². The highest BCUT2D eigenvalue weighted by Crippen LogP contribution is 2.33. The minimum absolute atomic E-state index is 0.0333. The van der Waals surface area contributed by atoms with Crippen molar-refractivity contribution < 1.29 is 14.6 Å². The lowest BCUT2D eigenvalue weighted by Gasteiger charge is -2.11. The SMILES string of the molecule is COc1ccc(C=O)c(Cc2ccccc2)c1O. The second-order valence-corrected chi connectivity index (χ2v) is 3.96. The molecule has 0 bridgehead atoms. The van der Waals surface area contributed by atoms with Gasteiger partial charge in [-0.1, -0.05) is 30.3 Å². The Bertz CT molecular complexity index is 547. The fourth-order valence-electron chi connectivity index (χ4n) is 1.89. The van der Waals surface area contributed by atoms with Gasteiger partial charge in [0.1, 0.15) is 6.29 Å². The van der Waals surface area contributed by atoms with E-state index in [1.165, 1.54) is 7.11 Å². The Kier molecular flexibility index (Phi) is 3.63. The quantitative estimate of drug-likeness (QED) is 0.838. The molecule has 0 unspecified atom stereocenters. The van der Waals surface area contributed by atoms with Crippen LogP contribution in [0, 0.1) is 0 Å². The van der Waals surface area contributed by atoms with Crippen LogP contribution in [0.3, 0.4) is 0 Å². The van der Waals surface area contributed by atoms with Crippen molar-refractivity contribution in [2.24, 2.45) is 0 Å². The standard InChI is InChI=1S/C15H14O3/c1-18-14-8-7-12(10-16)13(15(14)17)9-11-5-3-2-4-6-11/h2-8,10,17H,9H2,1H3. The van der Waals surface area contributed by atoms with Crippen LogP contribution in [0.1, 0.15) is 21.5 Å². The van der Waals surface area contributed by atoms with Crippen LogP contribution in [0.4, 0.5) is 0 Å². The number of aromatic hydroxyl groups is 1. The van der Waals surface area contributed by atoms with E-state index in [0.29, 0.717) is 23.3 Å². The van der Waals surface area contributed by atoms with E-state index in [4.69, 9.17) is 4.74 Å². The van der Waals surface area contributed by atoms with Crippen molar-refractivity contribution in [3.05, 3.63) is 59.2 Å². The lowest BCUT2D eigenvalue weighted by atomic mass is 9.99. The Morgan fingerprint density at radius 1 is 1.17 bits per heavy atom. The van der Waals surface area contributed by atoms with Crippen LogP contribution in [-0.2, 0) is 6.42 Å². The lowest BCUT2D eigenvalue weighted by molar-refractivity contribution is 0.112. The number of benzene rings is 2. The molecule has 2 aromatic carbocycles. The molecule has 0 fully saturated rings. The van der Waals surface area contributed by atoms with Gasteiger partial charge in [0.15, 0.2) is 11.5 Å². The highest BCUT2D eigenvalue weighted by Gasteiger charge is 2.13. The average Bonchev–Trinajstić information content (AvgIpc) is 2.42. The summed E-state index contributed by atoms with van der Waals surface area (Å²) in [5.41, 5.74) is 2.11. The van der Waals surface area contributed by atoms with E-state index in [1.54, 1.807) is 12.1 Å². The number of hydrogen-bond donors (Lipinski definition) is 1. The molecular weight excluding hydrogens is 228 g/mol. The molecule has 1 N–H and O–H groups in total. The summed E-state index contributed by atoms with van der Waals surface area (Å²) in [6.45, 7) is 0. The highest BCUT2D eigenvalue weighted by molar-refractivity contribution is 5.80. The number of phenols is 1. The van der Waals surface area contributed by atoms with Crippen LogP contribution in [0.2, 0.25) is 0 Å². The first-order valence-electron chi connectivity index (χ1n) is 5.64. The van der Waals surface area contributed by atoms with Crippen LogP contribution >= 0.6 is 0 Å². The van der Waals surface area contributed by atoms with Crippen molar-refractivity contribution in [2.45, 2.75) is 6.42 Å². The average molecular weight is 242 g/mol. The van der Waals surface area contributed by atoms with Crippen molar-refractivity contribution in [3.8, 4) is 11.5 Å². The second-order valence-electron chi connectivity index (χ2n) is 3.96. The van der Waals surface area contributed by atoms with Crippen LogP contribution in [0.15, 0.2) is 42.5 Å². The molecule has 0 spiro atoms. The maximum absolute atomic E-state index is 11.0. The number of ether oxygens (including phenoxy) is 1. The van der Waals surface area contributed by atoms with Crippen LogP contribution in [0.5, 0.6) is 11.5 Å². The minimum atomic E-state index is 0.0333. The van der Waals surface area contributed by atoms with Crippen LogP contribution in [-0.4, -0.2) is 18.5 Å². The zero-order chi connectivity index (χ0) is 13.0. The van der Waals surface area contributed by atoms with E-state index < -0.39 is 0 Å². The first-order valence-corrected chi connectivity index (χ1v) is 5.64. The van der Waals surface area contributed by atoms with E-state index >= 15 is 0 Å². The van der Waals surface area contributed by atoms with E-state index in [0.717, 1.165) is 11.8 Å². The number of rotatable bonds is 4. The van der Waals surface area contributed by atoms with Gasteiger partial charge in [-0.3, -0.25) is 4.79 Å². The largest absolute Gasteiger partial charge is 0.504 e. The third-order valence-electron chi connectivity index (χ3n) is 2.85. The molecule has 18 heavy (non-hydrogen) atoms. The van der Waals surface area contributed by atoms with Gasteiger partial charge in [-0.25, -0.2) is 0 Å². The number of carbonyl (C=O) groups excluding carboxylic acids is 1. The lowest BCUT2D eigenvalue weighted by Crippen LogP contribution is -1.97. The van der Waals surface area contributed by atoms with Gasteiger partial charge in [-0.15, -0.1) is 0 Å². The highest BCUT2D eigenvalue weighted by atomic mass is 16.5. The summed E-state index contributed by atoms with van der Waals surface area (Å²) in [5, 5.41) is 10.1. The monoisotopic (exact) mass is 242 g/mol. The molecule has 3 heteroatoms. The first kappa shape index (κ1) is 12.2. The summed E-state index contributed by atoms with van der Waals surface area (Å²) in [4.78, 5) is 11.0. The summed E-state index contributed by atoms with van der Waals surface area (Å²) in [5.74, 6) is 0.414. The molecule has 0 saturated heterocycles. The molecule has 0 amide bonds. The van der Waals surface area contributed by atoms with Crippen molar-refractivity contribution in [1.82, 2.24) is 0 Å². The van der Waals surface area contributed by atoms with E-state index in [-0.39, 0.29) is 5.75 Å². The minimum Gasteiger partial charge on any atom is -0.504 e. The molecule has 0 atom stereocenters. The number of hydrogen-bond acceptors (Lipinski definition) is 3. The molecule has 92 valence electrons. The Morgan fingerprint density at radius 3 is 2.50 bits per heavy atom. The van der Waals surface area contributed by atoms with Crippen molar-refractivity contribution >= 4 is 6.29 Å². The van der Waals surface area contributed by atoms with Crippen molar-refractivity contribution in [1.29, 1.82) is 0 Å². The Morgan fingerprint density at radius 2 is 1.89 bits per heavy atom. The Balaban J connectivity index is 2.45. The fourth-order valence-corrected chi connectivity index (χ4v) is 1.89. The predicted molar refractivity (Wildman–Crippen MR) is 69.3 cm³/mol. The first-order chi connectivity index (χ1) is 8.76. The second kappa shape index (κ2) is 5.36. The van der Waals surface area contributed by atoms with Gasteiger partial charge in [0.05, 0.1) is 7.11 Å². The number of aldehydes is 1. The van der Waals surface area contributed by atoms with E-state index in [1.807, 2.05) is 30.3 Å². The maximum atomic E-state index is 11.0. The summed E-state index contributed by atoms with van der Waals surface area (Å²) in [6.07, 6.45) is 1.25. The van der Waals surface area contributed by atoms with Crippen LogP contribution in [0.25, 0.3) is 0 Å². The molecular formula is C15H14O3. The molecule has 0 radical (unpaired) electrons. The molecule has 0 aliphatic carbocycles. The summed E-state index contributed by atoms with van der Waals surface area (Å²) < 4.78 is 5.06.